The van der Waals surface area contributed by atoms with Crippen LogP contribution in [0, 0.1) is 0 Å². The number of hydrogen-bond donors (Lipinski definition) is 3. The third kappa shape index (κ3) is 1.95. The van der Waals surface area contributed by atoms with Crippen LogP contribution in [0.5, 0.6) is 0 Å². The van der Waals surface area contributed by atoms with Crippen LogP contribution >= 0.6 is 0 Å². The highest BCUT2D eigenvalue weighted by Crippen LogP contribution is 2.15. The molecule has 15 heavy (non-hydrogen) atoms. The molecule has 1 saturated heterocycles. The van der Waals surface area contributed by atoms with Gasteiger partial charge >= 0.3 is 6.09 Å². The maximum Gasteiger partial charge on any atom is 0.407 e. The summed E-state index contributed by atoms with van der Waals surface area (Å²) in [5.41, 5.74) is 5.51. The van der Waals surface area contributed by atoms with Gasteiger partial charge in [-0.1, -0.05) is 0 Å². The second-order valence-corrected chi connectivity index (χ2v) is 3.44. The predicted molar refractivity (Wildman–Crippen MR) is 54.8 cm³/mol. The van der Waals surface area contributed by atoms with Crippen molar-refractivity contribution in [1.29, 1.82) is 0 Å². The van der Waals surface area contributed by atoms with Crippen molar-refractivity contribution in [3.63, 3.8) is 0 Å². The van der Waals surface area contributed by atoms with Gasteiger partial charge in [0.25, 0.3) is 0 Å². The van der Waals surface area contributed by atoms with Crippen LogP contribution in [0.4, 0.5) is 16.4 Å². The third-order valence-corrected chi connectivity index (χ3v) is 2.46. The summed E-state index contributed by atoms with van der Waals surface area (Å²) in [5.74, 6) is 1.29. The Labute approximate surface area is 86.5 Å². The molecule has 0 radical (unpaired) electrons. The molecule has 1 aromatic heterocycles. The number of anilines is 2. The number of hydrogen-bond acceptors (Lipinski definition) is 4. The van der Waals surface area contributed by atoms with E-state index in [0.29, 0.717) is 32.0 Å². The zero-order chi connectivity index (χ0) is 10.8. The first-order valence-electron chi connectivity index (χ1n) is 4.70. The van der Waals surface area contributed by atoms with Gasteiger partial charge in [0.15, 0.2) is 5.82 Å². The molecule has 7 nitrogen and oxygen atoms in total. The first kappa shape index (κ1) is 9.63. The Morgan fingerprint density at radius 1 is 1.47 bits per heavy atom. The fourth-order valence-electron chi connectivity index (χ4n) is 1.61. The molecule has 1 aliphatic heterocycles. The number of nitrogens with two attached hydrogens (primary N) is 1. The number of aromatic amines is 1. The van der Waals surface area contributed by atoms with E-state index in [2.05, 4.69) is 10.2 Å². The highest BCUT2D eigenvalue weighted by Gasteiger charge is 2.21. The highest BCUT2D eigenvalue weighted by atomic mass is 16.4. The van der Waals surface area contributed by atoms with Crippen LogP contribution in [-0.4, -0.2) is 52.5 Å². The molecule has 0 aromatic carbocycles. The van der Waals surface area contributed by atoms with Crippen molar-refractivity contribution in [3.05, 3.63) is 6.07 Å². The lowest BCUT2D eigenvalue weighted by Crippen LogP contribution is -2.48. The number of nitrogens with zero attached hydrogens (tertiary/aromatic N) is 3. The molecule has 82 valence electrons. The molecule has 0 aliphatic carbocycles. The van der Waals surface area contributed by atoms with Crippen LogP contribution in [0.3, 0.4) is 0 Å². The van der Waals surface area contributed by atoms with Crippen molar-refractivity contribution in [1.82, 2.24) is 15.1 Å². The number of carbonyl (C=O) groups is 1. The van der Waals surface area contributed by atoms with Crippen LogP contribution in [0.1, 0.15) is 0 Å². The van der Waals surface area contributed by atoms with E-state index in [1.807, 2.05) is 4.90 Å². The van der Waals surface area contributed by atoms with E-state index in [1.54, 1.807) is 6.07 Å². The van der Waals surface area contributed by atoms with E-state index in [4.69, 9.17) is 10.8 Å². The Bertz CT molecular complexity index is 356. The molecular weight excluding hydrogens is 198 g/mol. The zero-order valence-corrected chi connectivity index (χ0v) is 8.18. The van der Waals surface area contributed by atoms with Crippen LogP contribution < -0.4 is 10.6 Å². The van der Waals surface area contributed by atoms with Gasteiger partial charge in [-0.15, -0.1) is 0 Å². The lowest BCUT2D eigenvalue weighted by molar-refractivity contribution is 0.142. The molecule has 0 bridgehead atoms. The lowest BCUT2D eigenvalue weighted by atomic mass is 10.3. The number of nitrogens with one attached hydrogen (secondary N) is 1. The van der Waals surface area contributed by atoms with Crippen LogP contribution in [0.15, 0.2) is 6.07 Å². The SMILES string of the molecule is Nc1cc(N2CCN(C(=O)O)CC2)n[nH]1. The molecule has 0 atom stereocenters. The highest BCUT2D eigenvalue weighted by molar-refractivity contribution is 5.65. The van der Waals surface area contributed by atoms with E-state index in [-0.39, 0.29) is 0 Å². The van der Waals surface area contributed by atoms with E-state index in [1.165, 1.54) is 4.90 Å². The van der Waals surface area contributed by atoms with Gasteiger partial charge in [0.1, 0.15) is 5.82 Å². The molecule has 2 heterocycles. The Balaban J connectivity index is 1.96. The largest absolute Gasteiger partial charge is 0.465 e. The van der Waals surface area contributed by atoms with Crippen molar-refractivity contribution in [3.8, 4) is 0 Å². The van der Waals surface area contributed by atoms with Gasteiger partial charge in [0, 0.05) is 32.2 Å². The first-order valence-corrected chi connectivity index (χ1v) is 4.70. The minimum Gasteiger partial charge on any atom is -0.465 e. The van der Waals surface area contributed by atoms with Crippen molar-refractivity contribution in [2.24, 2.45) is 0 Å². The first-order chi connectivity index (χ1) is 7.16. The summed E-state index contributed by atoms with van der Waals surface area (Å²) >= 11 is 0. The van der Waals surface area contributed by atoms with Crippen molar-refractivity contribution < 1.29 is 9.90 Å². The molecule has 1 aliphatic rings. The molecule has 2 rings (SSSR count). The van der Waals surface area contributed by atoms with Gasteiger partial charge < -0.3 is 20.6 Å². The molecule has 7 heteroatoms. The molecule has 4 N–H and O–H groups in total. The number of H-pyrrole nitrogens is 1. The second-order valence-electron chi connectivity index (χ2n) is 3.44. The maximum atomic E-state index is 10.7. The van der Waals surface area contributed by atoms with Crippen LogP contribution in [0.25, 0.3) is 0 Å². The molecule has 1 fully saturated rings. The Kier molecular flexibility index (Phi) is 2.36. The molecule has 1 aromatic rings. The van der Waals surface area contributed by atoms with Gasteiger partial charge in [0.2, 0.25) is 0 Å². The molecule has 0 unspecified atom stereocenters. The van der Waals surface area contributed by atoms with Crippen LogP contribution in [0.2, 0.25) is 0 Å². The predicted octanol–water partition coefficient (Wildman–Crippen LogP) is -0.208. The number of amides is 1. The average Bonchev–Trinajstić information content (AvgIpc) is 2.65. The van der Waals surface area contributed by atoms with E-state index in [0.717, 1.165) is 5.82 Å². The van der Waals surface area contributed by atoms with Gasteiger partial charge in [0.05, 0.1) is 0 Å². The fourth-order valence-corrected chi connectivity index (χ4v) is 1.61. The minimum absolute atomic E-state index is 0.502. The van der Waals surface area contributed by atoms with Crippen molar-refractivity contribution >= 4 is 17.7 Å². The lowest BCUT2D eigenvalue weighted by Gasteiger charge is -2.32. The standard InChI is InChI=1S/C8H13N5O2/c9-6-5-7(11-10-6)12-1-3-13(4-2-12)8(14)15/h5H,1-4H2,(H,14,15)(H3,9,10,11). The Morgan fingerprint density at radius 3 is 2.60 bits per heavy atom. The quantitative estimate of drug-likeness (QED) is 0.597. The summed E-state index contributed by atoms with van der Waals surface area (Å²) in [6, 6.07) is 1.75. The Morgan fingerprint density at radius 2 is 2.13 bits per heavy atom. The molecule has 0 saturated carbocycles. The summed E-state index contributed by atoms with van der Waals surface area (Å²) < 4.78 is 0. The van der Waals surface area contributed by atoms with Crippen LogP contribution in [-0.2, 0) is 0 Å². The Hall–Kier alpha value is -1.92. The van der Waals surface area contributed by atoms with E-state index < -0.39 is 6.09 Å². The summed E-state index contributed by atoms with van der Waals surface area (Å²) in [7, 11) is 0. The molecule has 0 spiro atoms. The molecular formula is C8H13N5O2. The topological polar surface area (TPSA) is 98.5 Å². The van der Waals surface area contributed by atoms with Gasteiger partial charge in [-0.2, -0.15) is 5.10 Å². The van der Waals surface area contributed by atoms with Crippen molar-refractivity contribution in [2.75, 3.05) is 36.8 Å². The second kappa shape index (κ2) is 3.68. The smallest absolute Gasteiger partial charge is 0.407 e. The number of rotatable bonds is 1. The van der Waals surface area contributed by atoms with Crippen molar-refractivity contribution in [2.45, 2.75) is 0 Å². The average molecular weight is 211 g/mol. The normalized spacial score (nSPS) is 16.8. The maximum absolute atomic E-state index is 10.7. The summed E-state index contributed by atoms with van der Waals surface area (Å²) in [6.07, 6.45) is -0.865. The number of aromatic nitrogens is 2. The summed E-state index contributed by atoms with van der Waals surface area (Å²) in [5, 5.41) is 15.4. The number of piperazine rings is 1. The van der Waals surface area contributed by atoms with Gasteiger partial charge in [-0.25, -0.2) is 4.79 Å². The monoisotopic (exact) mass is 211 g/mol. The van der Waals surface area contributed by atoms with Gasteiger partial charge in [-0.05, 0) is 0 Å². The summed E-state index contributed by atoms with van der Waals surface area (Å²) in [6.45, 7) is 2.30. The zero-order valence-electron chi connectivity index (χ0n) is 8.18. The molecule has 1 amide bonds. The minimum atomic E-state index is -0.865. The number of nitrogen functional groups attached to an aromatic ring is 1. The fraction of sp³-hybridized carbons (Fsp3) is 0.500. The number of carboxylic acid groups (broad SMARTS) is 1. The van der Waals surface area contributed by atoms with E-state index >= 15 is 0 Å². The van der Waals surface area contributed by atoms with E-state index in [9.17, 15) is 4.79 Å². The summed E-state index contributed by atoms with van der Waals surface area (Å²) in [4.78, 5) is 14.1. The van der Waals surface area contributed by atoms with Gasteiger partial charge in [-0.3, -0.25) is 5.10 Å². The third-order valence-electron chi connectivity index (χ3n) is 2.46.